The second-order valence-corrected chi connectivity index (χ2v) is 5.45. The predicted molar refractivity (Wildman–Crippen MR) is 83.4 cm³/mol. The number of para-hydroxylation sites is 1. The van der Waals surface area contributed by atoms with Crippen LogP contribution in [0.2, 0.25) is 0 Å². The second kappa shape index (κ2) is 8.98. The van der Waals surface area contributed by atoms with Crippen LogP contribution in [0.25, 0.3) is 0 Å². The van der Waals surface area contributed by atoms with E-state index in [1.807, 2.05) is 18.2 Å². The molecule has 0 amide bonds. The summed E-state index contributed by atoms with van der Waals surface area (Å²) in [6.07, 6.45) is -0.212. The van der Waals surface area contributed by atoms with Gasteiger partial charge in [0.25, 0.3) is 0 Å². The van der Waals surface area contributed by atoms with Gasteiger partial charge in [0.15, 0.2) is 0 Å². The standard InChI is InChI=1S/C17H24O6/c1-19-11-15-17(21-3)14(20-2)9-13(22-15)10-16(18)23-12-7-5-4-6-8-12/h4-8,13-15,17H,9-11H2,1-3H3/t13-,14-,15-,17+/m1/s1. The Morgan fingerprint density at radius 1 is 1.17 bits per heavy atom. The summed E-state index contributed by atoms with van der Waals surface area (Å²) in [4.78, 5) is 12.1. The van der Waals surface area contributed by atoms with Gasteiger partial charge in [0.05, 0.1) is 25.2 Å². The highest BCUT2D eigenvalue weighted by atomic mass is 16.6. The van der Waals surface area contributed by atoms with E-state index in [1.54, 1.807) is 33.5 Å². The molecule has 1 saturated heterocycles. The first-order valence-corrected chi connectivity index (χ1v) is 7.63. The quantitative estimate of drug-likeness (QED) is 0.563. The number of ether oxygens (including phenoxy) is 5. The minimum atomic E-state index is -0.330. The fourth-order valence-corrected chi connectivity index (χ4v) is 2.82. The Balaban J connectivity index is 1.95. The van der Waals surface area contributed by atoms with Crippen molar-refractivity contribution in [2.45, 2.75) is 37.3 Å². The van der Waals surface area contributed by atoms with E-state index in [0.717, 1.165) is 0 Å². The summed E-state index contributed by atoms with van der Waals surface area (Å²) in [5.74, 6) is 0.197. The van der Waals surface area contributed by atoms with Crippen molar-refractivity contribution in [3.63, 3.8) is 0 Å². The number of carbonyl (C=O) groups is 1. The van der Waals surface area contributed by atoms with Crippen molar-refractivity contribution < 1.29 is 28.5 Å². The van der Waals surface area contributed by atoms with Crippen molar-refractivity contribution in [3.8, 4) is 5.75 Å². The van der Waals surface area contributed by atoms with Crippen LogP contribution in [0.5, 0.6) is 5.75 Å². The second-order valence-electron chi connectivity index (χ2n) is 5.45. The molecule has 0 radical (unpaired) electrons. The molecule has 4 atom stereocenters. The predicted octanol–water partition coefficient (Wildman–Crippen LogP) is 1.82. The number of rotatable bonds is 7. The zero-order valence-electron chi connectivity index (χ0n) is 13.8. The molecule has 1 aromatic rings. The first-order valence-electron chi connectivity index (χ1n) is 7.63. The van der Waals surface area contributed by atoms with Gasteiger partial charge in [-0.05, 0) is 12.1 Å². The zero-order chi connectivity index (χ0) is 16.7. The lowest BCUT2D eigenvalue weighted by molar-refractivity contribution is -0.201. The van der Waals surface area contributed by atoms with Gasteiger partial charge in [0.2, 0.25) is 0 Å². The molecule has 1 fully saturated rings. The van der Waals surface area contributed by atoms with Gasteiger partial charge in [-0.15, -0.1) is 0 Å². The molecule has 23 heavy (non-hydrogen) atoms. The van der Waals surface area contributed by atoms with E-state index < -0.39 is 0 Å². The van der Waals surface area contributed by atoms with Gasteiger partial charge < -0.3 is 23.7 Å². The van der Waals surface area contributed by atoms with Gasteiger partial charge in [0, 0.05) is 27.8 Å². The van der Waals surface area contributed by atoms with Gasteiger partial charge in [-0.2, -0.15) is 0 Å². The number of methoxy groups -OCH3 is 3. The molecular weight excluding hydrogens is 300 g/mol. The molecule has 128 valence electrons. The molecule has 1 aromatic carbocycles. The summed E-state index contributed by atoms with van der Waals surface area (Å²) in [6.45, 7) is 0.378. The van der Waals surface area contributed by atoms with Gasteiger partial charge >= 0.3 is 5.97 Å². The lowest BCUT2D eigenvalue weighted by Crippen LogP contribution is -2.52. The van der Waals surface area contributed by atoms with Crippen molar-refractivity contribution >= 4 is 5.97 Å². The van der Waals surface area contributed by atoms with Gasteiger partial charge in [-0.3, -0.25) is 4.79 Å². The van der Waals surface area contributed by atoms with Crippen molar-refractivity contribution in [2.75, 3.05) is 27.9 Å². The summed E-state index contributed by atoms with van der Waals surface area (Å²) in [5, 5.41) is 0. The number of hydrogen-bond donors (Lipinski definition) is 0. The van der Waals surface area contributed by atoms with Crippen LogP contribution in [-0.2, 0) is 23.7 Å². The van der Waals surface area contributed by atoms with E-state index >= 15 is 0 Å². The normalized spacial score (nSPS) is 27.6. The molecule has 2 rings (SSSR count). The van der Waals surface area contributed by atoms with Crippen LogP contribution in [-0.4, -0.2) is 58.3 Å². The van der Waals surface area contributed by atoms with Crippen LogP contribution in [0, 0.1) is 0 Å². The zero-order valence-corrected chi connectivity index (χ0v) is 13.8. The monoisotopic (exact) mass is 324 g/mol. The molecule has 0 aromatic heterocycles. The Hall–Kier alpha value is -1.47. The SMILES string of the molecule is COC[C@H]1O[C@@H](CC(=O)Oc2ccccc2)C[C@@H](OC)[C@@H]1OC. The summed E-state index contributed by atoms with van der Waals surface area (Å²) in [5.41, 5.74) is 0. The highest BCUT2D eigenvalue weighted by Gasteiger charge is 2.40. The average molecular weight is 324 g/mol. The molecule has 0 bridgehead atoms. The number of hydrogen-bond acceptors (Lipinski definition) is 6. The lowest BCUT2D eigenvalue weighted by atomic mass is 9.96. The summed E-state index contributed by atoms with van der Waals surface area (Å²) < 4.78 is 27.4. The van der Waals surface area contributed by atoms with Crippen molar-refractivity contribution in [2.24, 2.45) is 0 Å². The molecule has 0 saturated carbocycles. The maximum absolute atomic E-state index is 12.1. The molecule has 0 aliphatic carbocycles. The molecule has 6 heteroatoms. The van der Waals surface area contributed by atoms with E-state index in [0.29, 0.717) is 18.8 Å². The third-order valence-electron chi connectivity index (χ3n) is 3.87. The van der Waals surface area contributed by atoms with Crippen molar-refractivity contribution in [1.82, 2.24) is 0 Å². The van der Waals surface area contributed by atoms with Crippen molar-refractivity contribution in [3.05, 3.63) is 30.3 Å². The van der Waals surface area contributed by atoms with E-state index in [2.05, 4.69) is 0 Å². The maximum Gasteiger partial charge on any atom is 0.313 e. The van der Waals surface area contributed by atoms with Crippen LogP contribution in [0.4, 0.5) is 0 Å². The third-order valence-corrected chi connectivity index (χ3v) is 3.87. The number of carbonyl (C=O) groups excluding carboxylic acids is 1. The fourth-order valence-electron chi connectivity index (χ4n) is 2.82. The first kappa shape index (κ1) is 17.9. The average Bonchev–Trinajstić information content (AvgIpc) is 2.55. The molecule has 1 aliphatic heterocycles. The van der Waals surface area contributed by atoms with Crippen molar-refractivity contribution in [1.29, 1.82) is 0 Å². The number of benzene rings is 1. The smallest absolute Gasteiger partial charge is 0.313 e. The largest absolute Gasteiger partial charge is 0.426 e. The number of esters is 1. The Morgan fingerprint density at radius 2 is 1.91 bits per heavy atom. The molecular formula is C17H24O6. The van der Waals surface area contributed by atoms with Crippen LogP contribution >= 0.6 is 0 Å². The Morgan fingerprint density at radius 3 is 2.52 bits per heavy atom. The Kier molecular flexibility index (Phi) is 6.98. The molecule has 0 spiro atoms. The summed E-state index contributed by atoms with van der Waals surface area (Å²) >= 11 is 0. The van der Waals surface area contributed by atoms with Crippen LogP contribution in [0.1, 0.15) is 12.8 Å². The molecule has 0 N–H and O–H groups in total. The molecule has 0 unspecified atom stereocenters. The van der Waals surface area contributed by atoms with E-state index in [9.17, 15) is 4.79 Å². The fraction of sp³-hybridized carbons (Fsp3) is 0.588. The summed E-state index contributed by atoms with van der Waals surface area (Å²) in [7, 11) is 4.85. The van der Waals surface area contributed by atoms with E-state index in [-0.39, 0.29) is 36.8 Å². The Bertz CT molecular complexity index is 477. The van der Waals surface area contributed by atoms with Crippen LogP contribution < -0.4 is 4.74 Å². The third kappa shape index (κ3) is 5.00. The van der Waals surface area contributed by atoms with E-state index in [4.69, 9.17) is 23.7 Å². The van der Waals surface area contributed by atoms with E-state index in [1.165, 1.54) is 0 Å². The van der Waals surface area contributed by atoms with Crippen LogP contribution in [0.15, 0.2) is 30.3 Å². The van der Waals surface area contributed by atoms with Gasteiger partial charge in [-0.25, -0.2) is 0 Å². The van der Waals surface area contributed by atoms with Gasteiger partial charge in [-0.1, -0.05) is 18.2 Å². The van der Waals surface area contributed by atoms with Gasteiger partial charge in [0.1, 0.15) is 18.0 Å². The summed E-state index contributed by atoms with van der Waals surface area (Å²) in [6, 6.07) is 8.99. The molecule has 1 aliphatic rings. The maximum atomic E-state index is 12.1. The minimum Gasteiger partial charge on any atom is -0.426 e. The van der Waals surface area contributed by atoms with Crippen LogP contribution in [0.3, 0.4) is 0 Å². The molecule has 1 heterocycles. The lowest BCUT2D eigenvalue weighted by Gasteiger charge is -2.40. The minimum absolute atomic E-state index is 0.150. The highest BCUT2D eigenvalue weighted by molar-refractivity contribution is 5.72. The molecule has 6 nitrogen and oxygen atoms in total. The first-order chi connectivity index (χ1) is 11.2. The topological polar surface area (TPSA) is 63.2 Å². The Labute approximate surface area is 136 Å². The highest BCUT2D eigenvalue weighted by Crippen LogP contribution is 2.27.